The summed E-state index contributed by atoms with van der Waals surface area (Å²) in [5.41, 5.74) is 6.38. The molecule has 2 atom stereocenters. The zero-order valence-corrected chi connectivity index (χ0v) is 8.96. The quantitative estimate of drug-likeness (QED) is 0.837. The summed E-state index contributed by atoms with van der Waals surface area (Å²) in [5, 5.41) is 0. The molecule has 0 amide bonds. The monoisotopic (exact) mass is 227 g/mol. The molecule has 1 aromatic rings. The predicted octanol–water partition coefficient (Wildman–Crippen LogP) is 2.24. The normalized spacial score (nSPS) is 23.2. The van der Waals surface area contributed by atoms with Crippen molar-refractivity contribution in [2.24, 2.45) is 11.7 Å². The second-order valence-electron chi connectivity index (χ2n) is 4.06. The molecule has 0 bridgehead atoms. The van der Waals surface area contributed by atoms with Crippen LogP contribution in [0.3, 0.4) is 0 Å². The molecular weight excluding hydrogens is 212 g/mol. The third-order valence-electron chi connectivity index (χ3n) is 2.93. The fourth-order valence-electron chi connectivity index (χ4n) is 1.98. The van der Waals surface area contributed by atoms with Gasteiger partial charge in [0, 0.05) is 5.56 Å². The summed E-state index contributed by atoms with van der Waals surface area (Å²) >= 11 is 0. The number of ether oxygens (including phenoxy) is 1. The van der Waals surface area contributed by atoms with Crippen molar-refractivity contribution in [2.45, 2.75) is 12.3 Å². The zero-order valence-electron chi connectivity index (χ0n) is 8.96. The van der Waals surface area contributed by atoms with Crippen LogP contribution in [0.15, 0.2) is 18.2 Å². The van der Waals surface area contributed by atoms with E-state index in [1.54, 1.807) is 6.07 Å². The van der Waals surface area contributed by atoms with Gasteiger partial charge in [-0.1, -0.05) is 0 Å². The van der Waals surface area contributed by atoms with E-state index in [9.17, 15) is 8.78 Å². The Labute approximate surface area is 93.4 Å². The molecule has 1 saturated carbocycles. The van der Waals surface area contributed by atoms with Crippen molar-refractivity contribution in [3.63, 3.8) is 0 Å². The Morgan fingerprint density at radius 3 is 2.88 bits per heavy atom. The Morgan fingerprint density at radius 1 is 1.44 bits per heavy atom. The summed E-state index contributed by atoms with van der Waals surface area (Å²) in [7, 11) is 0. The Hall–Kier alpha value is -1.16. The van der Waals surface area contributed by atoms with Gasteiger partial charge >= 0.3 is 0 Å². The molecule has 2 unspecified atom stereocenters. The van der Waals surface area contributed by atoms with Crippen LogP contribution in [0.4, 0.5) is 8.78 Å². The van der Waals surface area contributed by atoms with Crippen LogP contribution < -0.4 is 10.5 Å². The lowest BCUT2D eigenvalue weighted by molar-refractivity contribution is 0.270. The molecule has 0 saturated heterocycles. The molecule has 4 heteroatoms. The summed E-state index contributed by atoms with van der Waals surface area (Å²) in [4.78, 5) is 0. The number of hydrogen-bond acceptors (Lipinski definition) is 2. The number of hydrogen-bond donors (Lipinski definition) is 1. The van der Waals surface area contributed by atoms with E-state index in [4.69, 9.17) is 10.5 Å². The number of rotatable bonds is 5. The van der Waals surface area contributed by atoms with Crippen LogP contribution in [0.25, 0.3) is 0 Å². The summed E-state index contributed by atoms with van der Waals surface area (Å²) < 4.78 is 30.4. The van der Waals surface area contributed by atoms with E-state index in [0.717, 1.165) is 12.0 Å². The van der Waals surface area contributed by atoms with Crippen molar-refractivity contribution in [1.29, 1.82) is 0 Å². The molecule has 1 aliphatic carbocycles. The Bertz CT molecular complexity index is 370. The van der Waals surface area contributed by atoms with Gasteiger partial charge in [0.1, 0.15) is 24.8 Å². The van der Waals surface area contributed by atoms with E-state index in [1.165, 1.54) is 12.1 Å². The third-order valence-corrected chi connectivity index (χ3v) is 2.93. The van der Waals surface area contributed by atoms with Gasteiger partial charge in [0.15, 0.2) is 0 Å². The molecule has 88 valence electrons. The Kier molecular flexibility index (Phi) is 3.39. The van der Waals surface area contributed by atoms with Gasteiger partial charge < -0.3 is 10.5 Å². The minimum Gasteiger partial charge on any atom is -0.491 e. The van der Waals surface area contributed by atoms with Gasteiger partial charge in [-0.25, -0.2) is 8.78 Å². The van der Waals surface area contributed by atoms with Gasteiger partial charge in [0.2, 0.25) is 0 Å². The SMILES string of the molecule is NCC1CC1c1cc(F)ccc1OCCF. The van der Waals surface area contributed by atoms with Gasteiger partial charge in [-0.3, -0.25) is 0 Å². The lowest BCUT2D eigenvalue weighted by Gasteiger charge is -2.10. The highest BCUT2D eigenvalue weighted by Gasteiger charge is 2.39. The summed E-state index contributed by atoms with van der Waals surface area (Å²) in [6, 6.07) is 4.36. The highest BCUT2D eigenvalue weighted by atomic mass is 19.1. The fourth-order valence-corrected chi connectivity index (χ4v) is 1.98. The smallest absolute Gasteiger partial charge is 0.123 e. The van der Waals surface area contributed by atoms with Crippen molar-refractivity contribution >= 4 is 0 Å². The van der Waals surface area contributed by atoms with Crippen molar-refractivity contribution in [3.8, 4) is 5.75 Å². The molecule has 1 fully saturated rings. The highest BCUT2D eigenvalue weighted by molar-refractivity contribution is 5.40. The first-order valence-corrected chi connectivity index (χ1v) is 5.44. The molecule has 0 radical (unpaired) electrons. The van der Waals surface area contributed by atoms with E-state index in [-0.39, 0.29) is 18.3 Å². The average molecular weight is 227 g/mol. The van der Waals surface area contributed by atoms with E-state index in [2.05, 4.69) is 0 Å². The molecular formula is C12H15F2NO. The van der Waals surface area contributed by atoms with Gasteiger partial charge in [0.05, 0.1) is 0 Å². The van der Waals surface area contributed by atoms with Gasteiger partial charge in [-0.05, 0) is 43.0 Å². The number of nitrogens with two attached hydrogens (primary N) is 1. The first-order valence-electron chi connectivity index (χ1n) is 5.44. The molecule has 2 nitrogen and oxygen atoms in total. The number of alkyl halides is 1. The average Bonchev–Trinajstić information content (AvgIpc) is 3.06. The van der Waals surface area contributed by atoms with Crippen molar-refractivity contribution < 1.29 is 13.5 Å². The van der Waals surface area contributed by atoms with Crippen LogP contribution in [-0.4, -0.2) is 19.8 Å². The molecule has 1 aliphatic rings. The fraction of sp³-hybridized carbons (Fsp3) is 0.500. The second kappa shape index (κ2) is 4.78. The molecule has 16 heavy (non-hydrogen) atoms. The molecule has 0 aromatic heterocycles. The second-order valence-corrected chi connectivity index (χ2v) is 4.06. The number of halogens is 2. The van der Waals surface area contributed by atoms with E-state index in [1.807, 2.05) is 0 Å². The standard InChI is InChI=1S/C12H15F2NO/c13-3-4-16-12-2-1-9(14)6-11(12)10-5-8(10)7-15/h1-2,6,8,10H,3-5,7,15H2. The highest BCUT2D eigenvalue weighted by Crippen LogP contribution is 2.49. The molecule has 1 aromatic carbocycles. The van der Waals surface area contributed by atoms with Crippen LogP contribution in [0, 0.1) is 11.7 Å². The van der Waals surface area contributed by atoms with Gasteiger partial charge in [0.25, 0.3) is 0 Å². The number of benzene rings is 1. The molecule has 2 rings (SSSR count). The zero-order chi connectivity index (χ0) is 11.5. The summed E-state index contributed by atoms with van der Waals surface area (Å²) in [6.07, 6.45) is 0.964. The molecule has 0 spiro atoms. The maximum Gasteiger partial charge on any atom is 0.123 e. The molecule has 0 aliphatic heterocycles. The maximum atomic E-state index is 13.1. The third kappa shape index (κ3) is 2.32. The van der Waals surface area contributed by atoms with Crippen molar-refractivity contribution in [1.82, 2.24) is 0 Å². The lowest BCUT2D eigenvalue weighted by Crippen LogP contribution is -2.04. The summed E-state index contributed by atoms with van der Waals surface area (Å²) in [6.45, 7) is 0.0736. The van der Waals surface area contributed by atoms with Crippen molar-refractivity contribution in [3.05, 3.63) is 29.6 Å². The van der Waals surface area contributed by atoms with E-state index < -0.39 is 6.67 Å². The maximum absolute atomic E-state index is 13.1. The van der Waals surface area contributed by atoms with Crippen LogP contribution in [-0.2, 0) is 0 Å². The van der Waals surface area contributed by atoms with Crippen LogP contribution in [0.2, 0.25) is 0 Å². The minimum absolute atomic E-state index is 0.0125. The first-order chi connectivity index (χ1) is 7.76. The lowest BCUT2D eigenvalue weighted by atomic mass is 10.1. The minimum atomic E-state index is -0.540. The van der Waals surface area contributed by atoms with Crippen LogP contribution >= 0.6 is 0 Å². The Balaban J connectivity index is 2.16. The van der Waals surface area contributed by atoms with Crippen LogP contribution in [0.5, 0.6) is 5.75 Å². The van der Waals surface area contributed by atoms with E-state index >= 15 is 0 Å². The first kappa shape index (κ1) is 11.3. The summed E-state index contributed by atoms with van der Waals surface area (Å²) in [5.74, 6) is 0.982. The topological polar surface area (TPSA) is 35.2 Å². The molecule has 2 N–H and O–H groups in total. The van der Waals surface area contributed by atoms with Gasteiger partial charge in [-0.2, -0.15) is 0 Å². The largest absolute Gasteiger partial charge is 0.491 e. The van der Waals surface area contributed by atoms with Gasteiger partial charge in [-0.15, -0.1) is 0 Å². The van der Waals surface area contributed by atoms with E-state index in [0.29, 0.717) is 18.2 Å². The van der Waals surface area contributed by atoms with Crippen molar-refractivity contribution in [2.75, 3.05) is 19.8 Å². The predicted molar refractivity (Wildman–Crippen MR) is 57.8 cm³/mol. The van der Waals surface area contributed by atoms with Crippen LogP contribution in [0.1, 0.15) is 17.9 Å². The molecule has 0 heterocycles. The Morgan fingerprint density at radius 2 is 2.25 bits per heavy atom.